The molecule has 1 aromatic heterocycles. The summed E-state index contributed by atoms with van der Waals surface area (Å²) in [6, 6.07) is 20.0. The van der Waals surface area contributed by atoms with E-state index in [1.807, 2.05) is 30.3 Å². The van der Waals surface area contributed by atoms with Crippen LogP contribution < -0.4 is 15.5 Å². The van der Waals surface area contributed by atoms with E-state index in [0.29, 0.717) is 5.69 Å². The molecule has 0 unspecified atom stereocenters. The Labute approximate surface area is 220 Å². The molecule has 3 N–H and O–H groups in total. The molecule has 0 saturated heterocycles. The summed E-state index contributed by atoms with van der Waals surface area (Å²) in [5, 5.41) is 12.1. The van der Waals surface area contributed by atoms with Crippen LogP contribution in [0.1, 0.15) is 27.4 Å². The molecule has 0 spiro atoms. The average Bonchev–Trinajstić information content (AvgIpc) is 2.89. The second-order valence-corrected chi connectivity index (χ2v) is 8.74. The van der Waals surface area contributed by atoms with E-state index in [1.54, 1.807) is 0 Å². The van der Waals surface area contributed by atoms with E-state index in [9.17, 15) is 23.2 Å². The number of aromatic nitrogens is 1. The Kier molecular flexibility index (Phi) is 8.18. The molecule has 0 aliphatic heterocycles. The molecule has 1 atom stereocenters. The van der Waals surface area contributed by atoms with Crippen molar-refractivity contribution in [2.24, 2.45) is 0 Å². The molecule has 1 heterocycles. The lowest BCUT2D eigenvalue weighted by molar-refractivity contribution is -0.117. The van der Waals surface area contributed by atoms with Gasteiger partial charge in [-0.05, 0) is 54.4 Å². The number of amides is 1. The normalized spacial score (nSPS) is 11.7. The Morgan fingerprint density at radius 3 is 2.34 bits per heavy atom. The van der Waals surface area contributed by atoms with Crippen molar-refractivity contribution in [3.63, 3.8) is 0 Å². The van der Waals surface area contributed by atoms with Gasteiger partial charge in [0, 0.05) is 34.1 Å². The SMILES string of the molecule is O=C(O)c1ccc(NC(=O)[C@@H](Cc2ccccc2)c2c[nH]c(-c3cc(Cl)ccc3OC(F)F)cc2=O)cc1. The van der Waals surface area contributed by atoms with E-state index >= 15 is 0 Å². The maximum Gasteiger partial charge on any atom is 0.387 e. The Hall–Kier alpha value is -4.50. The number of pyridine rings is 1. The second kappa shape index (κ2) is 11.7. The average molecular weight is 539 g/mol. The third-order valence-electron chi connectivity index (χ3n) is 5.76. The van der Waals surface area contributed by atoms with E-state index in [0.717, 1.165) is 5.56 Å². The number of benzene rings is 3. The van der Waals surface area contributed by atoms with E-state index in [-0.39, 0.29) is 39.6 Å². The summed E-state index contributed by atoms with van der Waals surface area (Å²) >= 11 is 6.04. The lowest BCUT2D eigenvalue weighted by Crippen LogP contribution is -2.27. The van der Waals surface area contributed by atoms with Gasteiger partial charge in [0.25, 0.3) is 0 Å². The molecule has 3 aromatic carbocycles. The molecule has 38 heavy (non-hydrogen) atoms. The van der Waals surface area contributed by atoms with Crippen molar-refractivity contribution in [3.05, 3.63) is 117 Å². The first-order valence-corrected chi connectivity index (χ1v) is 11.7. The highest BCUT2D eigenvalue weighted by atomic mass is 35.5. The highest BCUT2D eigenvalue weighted by molar-refractivity contribution is 6.31. The van der Waals surface area contributed by atoms with Crippen LogP contribution in [0.2, 0.25) is 5.02 Å². The Balaban J connectivity index is 1.69. The van der Waals surface area contributed by atoms with E-state index in [4.69, 9.17) is 16.7 Å². The number of carboxylic acids is 1. The van der Waals surface area contributed by atoms with Crippen molar-refractivity contribution < 1.29 is 28.2 Å². The Bertz CT molecular complexity index is 1510. The lowest BCUT2D eigenvalue weighted by Gasteiger charge is -2.18. The van der Waals surface area contributed by atoms with Gasteiger partial charge in [-0.2, -0.15) is 8.78 Å². The molecule has 0 radical (unpaired) electrons. The van der Waals surface area contributed by atoms with Gasteiger partial charge >= 0.3 is 12.6 Å². The summed E-state index contributed by atoms with van der Waals surface area (Å²) in [6.45, 7) is -3.08. The van der Waals surface area contributed by atoms with Crippen LogP contribution in [0.3, 0.4) is 0 Å². The van der Waals surface area contributed by atoms with Crippen molar-refractivity contribution >= 4 is 29.2 Å². The molecular formula is C28H21ClF2N2O5. The minimum atomic E-state index is -3.08. The summed E-state index contributed by atoms with van der Waals surface area (Å²) in [5.74, 6) is -2.68. The maximum absolute atomic E-state index is 13.4. The fraction of sp³-hybridized carbons (Fsp3) is 0.107. The number of ether oxygens (including phenoxy) is 1. The van der Waals surface area contributed by atoms with Gasteiger partial charge in [0.2, 0.25) is 5.91 Å². The number of carbonyl (C=O) groups excluding carboxylic acids is 1. The monoisotopic (exact) mass is 538 g/mol. The van der Waals surface area contributed by atoms with Gasteiger partial charge in [-0.3, -0.25) is 9.59 Å². The number of anilines is 1. The van der Waals surface area contributed by atoms with Crippen LogP contribution in [-0.4, -0.2) is 28.6 Å². The standard InChI is InChI=1S/C28H21ClF2N2O5/c29-18-8-11-25(38-28(30)31)21(13-18)23-14-24(34)22(15-32-23)20(12-16-4-2-1-3-5-16)26(35)33-19-9-6-17(7-10-19)27(36)37/h1-11,13-15,20,28H,12H2,(H,32,34)(H,33,35)(H,36,37)/t20-/m0/s1. The van der Waals surface area contributed by atoms with Crippen LogP contribution in [0.4, 0.5) is 14.5 Å². The number of aromatic carboxylic acids is 1. The quantitative estimate of drug-likeness (QED) is 0.244. The predicted octanol–water partition coefficient (Wildman–Crippen LogP) is 5.96. The molecule has 4 aromatic rings. The van der Waals surface area contributed by atoms with Crippen molar-refractivity contribution in [1.29, 1.82) is 0 Å². The maximum atomic E-state index is 13.4. The summed E-state index contributed by atoms with van der Waals surface area (Å²) in [6.07, 6.45) is 1.56. The predicted molar refractivity (Wildman–Crippen MR) is 139 cm³/mol. The van der Waals surface area contributed by atoms with Crippen LogP contribution in [0.15, 0.2) is 89.9 Å². The lowest BCUT2D eigenvalue weighted by atomic mass is 9.91. The van der Waals surface area contributed by atoms with Gasteiger partial charge in [-0.15, -0.1) is 0 Å². The summed E-state index contributed by atoms with van der Waals surface area (Å²) < 4.78 is 30.4. The minimum absolute atomic E-state index is 0.0621. The van der Waals surface area contributed by atoms with Crippen LogP contribution in [0.5, 0.6) is 5.75 Å². The van der Waals surface area contributed by atoms with Crippen molar-refractivity contribution in [2.75, 3.05) is 5.32 Å². The van der Waals surface area contributed by atoms with Crippen LogP contribution >= 0.6 is 11.6 Å². The second-order valence-electron chi connectivity index (χ2n) is 8.30. The van der Waals surface area contributed by atoms with Crippen LogP contribution in [0.25, 0.3) is 11.3 Å². The molecule has 0 bridgehead atoms. The van der Waals surface area contributed by atoms with Crippen molar-refractivity contribution in [3.8, 4) is 17.0 Å². The van der Waals surface area contributed by atoms with E-state index < -0.39 is 29.8 Å². The van der Waals surface area contributed by atoms with Crippen LogP contribution in [0, 0.1) is 0 Å². The van der Waals surface area contributed by atoms with Crippen molar-refractivity contribution in [1.82, 2.24) is 4.98 Å². The zero-order chi connectivity index (χ0) is 27.2. The number of rotatable bonds is 9. The molecule has 194 valence electrons. The third-order valence-corrected chi connectivity index (χ3v) is 6.00. The number of nitrogens with one attached hydrogen (secondary N) is 2. The first kappa shape index (κ1) is 26.6. The minimum Gasteiger partial charge on any atom is -0.478 e. The molecule has 7 nitrogen and oxygen atoms in total. The molecule has 10 heteroatoms. The zero-order valence-corrected chi connectivity index (χ0v) is 20.4. The molecular weight excluding hydrogens is 518 g/mol. The van der Waals surface area contributed by atoms with Gasteiger partial charge in [0.05, 0.1) is 17.2 Å². The fourth-order valence-electron chi connectivity index (χ4n) is 3.94. The molecule has 0 fully saturated rings. The Morgan fingerprint density at radius 2 is 1.71 bits per heavy atom. The van der Waals surface area contributed by atoms with Gasteiger partial charge in [0.1, 0.15) is 5.75 Å². The zero-order valence-electron chi connectivity index (χ0n) is 19.7. The largest absolute Gasteiger partial charge is 0.478 e. The third kappa shape index (κ3) is 6.43. The first-order valence-electron chi connectivity index (χ1n) is 11.4. The molecule has 0 aliphatic carbocycles. The Morgan fingerprint density at radius 1 is 1.00 bits per heavy atom. The van der Waals surface area contributed by atoms with Gasteiger partial charge in [-0.25, -0.2) is 4.79 Å². The van der Waals surface area contributed by atoms with Gasteiger partial charge < -0.3 is 20.1 Å². The summed E-state index contributed by atoms with van der Waals surface area (Å²) in [4.78, 5) is 40.6. The number of carbonyl (C=O) groups is 2. The highest BCUT2D eigenvalue weighted by Gasteiger charge is 2.25. The molecule has 4 rings (SSSR count). The molecule has 1 amide bonds. The highest BCUT2D eigenvalue weighted by Crippen LogP contribution is 2.32. The van der Waals surface area contributed by atoms with Crippen molar-refractivity contribution in [2.45, 2.75) is 19.0 Å². The number of hydrogen-bond donors (Lipinski definition) is 3. The van der Waals surface area contributed by atoms with E-state index in [2.05, 4.69) is 15.0 Å². The van der Waals surface area contributed by atoms with E-state index in [1.165, 1.54) is 54.7 Å². The number of hydrogen-bond acceptors (Lipinski definition) is 4. The number of aromatic amines is 1. The van der Waals surface area contributed by atoms with Crippen LogP contribution in [-0.2, 0) is 11.2 Å². The topological polar surface area (TPSA) is 108 Å². The van der Waals surface area contributed by atoms with Gasteiger partial charge in [0.15, 0.2) is 5.43 Å². The summed E-state index contributed by atoms with van der Waals surface area (Å²) in [7, 11) is 0. The number of carboxylic acid groups (broad SMARTS) is 1. The fourth-order valence-corrected chi connectivity index (χ4v) is 4.11. The van der Waals surface area contributed by atoms with Gasteiger partial charge in [-0.1, -0.05) is 41.9 Å². The smallest absolute Gasteiger partial charge is 0.387 e. The molecule has 0 aliphatic rings. The number of alkyl halides is 2. The molecule has 0 saturated carbocycles. The number of H-pyrrole nitrogens is 1. The first-order chi connectivity index (χ1) is 18.2. The number of halogens is 3. The summed E-state index contributed by atoms with van der Waals surface area (Å²) in [5.41, 5.74) is 1.21.